The van der Waals surface area contributed by atoms with E-state index < -0.39 is 0 Å². The van der Waals surface area contributed by atoms with Gasteiger partial charge in [-0.2, -0.15) is 0 Å². The molecule has 1 heterocycles. The van der Waals surface area contributed by atoms with Crippen molar-refractivity contribution in [3.05, 3.63) is 35.8 Å². The molecule has 2 atom stereocenters. The molecule has 0 amide bonds. The Hall–Kier alpha value is -0.980. The average molecular weight is 202 g/mol. The third-order valence-electron chi connectivity index (χ3n) is 3.92. The topological polar surface area (TPSA) is 12.5 Å². The molecule has 1 heteroatoms. The van der Waals surface area contributed by atoms with Gasteiger partial charge in [0.05, 0.1) is 0 Å². The van der Waals surface area contributed by atoms with E-state index in [9.17, 15) is 0 Å². The first kappa shape index (κ1) is 9.26. The zero-order valence-electron chi connectivity index (χ0n) is 9.17. The van der Waals surface area contributed by atoms with Gasteiger partial charge in [0.15, 0.2) is 0 Å². The molecule has 0 bridgehead atoms. The third kappa shape index (κ3) is 1.75. The molecule has 0 saturated heterocycles. The lowest BCUT2D eigenvalue weighted by Gasteiger charge is -2.25. The molecular formula is C14H18O. The van der Waals surface area contributed by atoms with Gasteiger partial charge in [0, 0.05) is 12.8 Å². The lowest BCUT2D eigenvalue weighted by Crippen LogP contribution is -2.14. The van der Waals surface area contributed by atoms with Crippen LogP contribution in [0.1, 0.15) is 38.5 Å². The molecule has 0 fully saturated rings. The fourth-order valence-corrected chi connectivity index (χ4v) is 2.84. The lowest BCUT2D eigenvalue weighted by atomic mass is 9.78. The number of allylic oxidation sites excluding steroid dienone is 5. The van der Waals surface area contributed by atoms with E-state index in [1.165, 1.54) is 42.8 Å². The molecule has 3 rings (SSSR count). The first-order valence-corrected chi connectivity index (χ1v) is 6.10. The lowest BCUT2D eigenvalue weighted by molar-refractivity contribution is 0.446. The molecule has 0 aromatic heterocycles. The van der Waals surface area contributed by atoms with Crippen LogP contribution in [0.3, 0.4) is 0 Å². The summed E-state index contributed by atoms with van der Waals surface area (Å²) in [6, 6.07) is 0. The zero-order chi connectivity index (χ0) is 10.3. The van der Waals surface area contributed by atoms with Gasteiger partial charge in [0.1, 0.15) is 11.5 Å². The Morgan fingerprint density at radius 2 is 2.27 bits per heavy atom. The van der Waals surface area contributed by atoms with E-state index in [2.05, 4.69) is 18.7 Å². The molecule has 0 spiro atoms. The largest absolute Gasteiger partial charge is 0.459 e. The summed E-state index contributed by atoms with van der Waals surface area (Å²) >= 11 is 0. The van der Waals surface area contributed by atoms with E-state index in [1.807, 2.05) is 0 Å². The highest BCUT2D eigenvalue weighted by molar-refractivity contribution is 5.26. The molecule has 3 aliphatic rings. The maximum atomic E-state index is 5.42. The maximum absolute atomic E-state index is 5.42. The van der Waals surface area contributed by atoms with Gasteiger partial charge >= 0.3 is 0 Å². The normalized spacial score (nSPS) is 33.3. The highest BCUT2D eigenvalue weighted by atomic mass is 16.6. The molecule has 80 valence electrons. The molecular weight excluding hydrogens is 184 g/mol. The van der Waals surface area contributed by atoms with E-state index in [0.29, 0.717) is 11.8 Å². The van der Waals surface area contributed by atoms with Crippen LogP contribution in [0.4, 0.5) is 0 Å². The summed E-state index contributed by atoms with van der Waals surface area (Å²) < 4.78 is 5.42. The van der Waals surface area contributed by atoms with Crippen molar-refractivity contribution < 1.29 is 4.74 Å². The standard InChI is InChI=1S/C14H18O/c1-10(11-5-3-2-4-6-11)12-7-8-13-14(9-12)15-13/h3,5,11-12H,1-2,4,6-9H2. The second-order valence-corrected chi connectivity index (χ2v) is 4.93. The van der Waals surface area contributed by atoms with Crippen LogP contribution < -0.4 is 0 Å². The Bertz CT molecular complexity index is 348. The monoisotopic (exact) mass is 202 g/mol. The second kappa shape index (κ2) is 3.55. The minimum Gasteiger partial charge on any atom is -0.459 e. The quantitative estimate of drug-likeness (QED) is 0.618. The van der Waals surface area contributed by atoms with Gasteiger partial charge < -0.3 is 4.74 Å². The minimum absolute atomic E-state index is 0.643. The van der Waals surface area contributed by atoms with E-state index >= 15 is 0 Å². The summed E-state index contributed by atoms with van der Waals surface area (Å²) in [4.78, 5) is 0. The van der Waals surface area contributed by atoms with Crippen molar-refractivity contribution in [3.8, 4) is 0 Å². The predicted octanol–water partition coefficient (Wildman–Crippen LogP) is 3.94. The van der Waals surface area contributed by atoms with Gasteiger partial charge in [-0.05, 0) is 37.5 Å². The molecule has 0 radical (unpaired) electrons. The van der Waals surface area contributed by atoms with Crippen molar-refractivity contribution in [2.75, 3.05) is 0 Å². The number of ether oxygens (including phenoxy) is 1. The Morgan fingerprint density at radius 3 is 3.00 bits per heavy atom. The SMILES string of the molecule is C=C(C1C=CCCC1)C1CCC2=C(C1)O2. The van der Waals surface area contributed by atoms with Crippen LogP contribution in [-0.4, -0.2) is 0 Å². The van der Waals surface area contributed by atoms with Crippen molar-refractivity contribution in [1.29, 1.82) is 0 Å². The molecule has 0 N–H and O–H groups in total. The van der Waals surface area contributed by atoms with Crippen LogP contribution in [0, 0.1) is 11.8 Å². The van der Waals surface area contributed by atoms with Crippen LogP contribution in [0.25, 0.3) is 0 Å². The molecule has 2 unspecified atom stereocenters. The summed E-state index contributed by atoms with van der Waals surface area (Å²) in [6.45, 7) is 4.33. The van der Waals surface area contributed by atoms with Gasteiger partial charge in [-0.3, -0.25) is 0 Å². The smallest absolute Gasteiger partial charge is 0.142 e. The highest BCUT2D eigenvalue weighted by Crippen LogP contribution is 2.46. The third-order valence-corrected chi connectivity index (χ3v) is 3.92. The Balaban J connectivity index is 1.66. The highest BCUT2D eigenvalue weighted by Gasteiger charge is 2.35. The summed E-state index contributed by atoms with van der Waals surface area (Å²) in [7, 11) is 0. The molecule has 2 aliphatic carbocycles. The van der Waals surface area contributed by atoms with Crippen molar-refractivity contribution in [1.82, 2.24) is 0 Å². The fraction of sp³-hybridized carbons (Fsp3) is 0.571. The van der Waals surface area contributed by atoms with Crippen molar-refractivity contribution in [2.24, 2.45) is 11.8 Å². The van der Waals surface area contributed by atoms with E-state index in [0.717, 1.165) is 12.8 Å². The molecule has 0 aromatic rings. The Kier molecular flexibility index (Phi) is 2.19. The molecule has 1 aliphatic heterocycles. The zero-order valence-corrected chi connectivity index (χ0v) is 9.17. The summed E-state index contributed by atoms with van der Waals surface area (Å²) in [6.07, 6.45) is 12.1. The summed E-state index contributed by atoms with van der Waals surface area (Å²) in [5.41, 5.74) is 1.45. The fourth-order valence-electron chi connectivity index (χ4n) is 2.84. The van der Waals surface area contributed by atoms with Crippen LogP contribution >= 0.6 is 0 Å². The molecule has 0 aromatic carbocycles. The second-order valence-electron chi connectivity index (χ2n) is 4.93. The Morgan fingerprint density at radius 1 is 1.33 bits per heavy atom. The summed E-state index contributed by atoms with van der Waals surface area (Å²) in [5, 5.41) is 0. The van der Waals surface area contributed by atoms with Crippen molar-refractivity contribution in [2.45, 2.75) is 38.5 Å². The van der Waals surface area contributed by atoms with Crippen molar-refractivity contribution >= 4 is 0 Å². The van der Waals surface area contributed by atoms with Crippen LogP contribution in [0.2, 0.25) is 0 Å². The van der Waals surface area contributed by atoms with Crippen LogP contribution in [-0.2, 0) is 4.74 Å². The van der Waals surface area contributed by atoms with Crippen LogP contribution in [0.15, 0.2) is 35.8 Å². The van der Waals surface area contributed by atoms with E-state index in [-0.39, 0.29) is 0 Å². The minimum atomic E-state index is 0.643. The van der Waals surface area contributed by atoms with Gasteiger partial charge in [-0.25, -0.2) is 0 Å². The number of hydrogen-bond acceptors (Lipinski definition) is 1. The van der Waals surface area contributed by atoms with Gasteiger partial charge in [-0.15, -0.1) is 0 Å². The van der Waals surface area contributed by atoms with Crippen LogP contribution in [0.5, 0.6) is 0 Å². The maximum Gasteiger partial charge on any atom is 0.142 e. The molecule has 15 heavy (non-hydrogen) atoms. The van der Waals surface area contributed by atoms with Gasteiger partial charge in [0.25, 0.3) is 0 Å². The van der Waals surface area contributed by atoms with E-state index in [1.54, 1.807) is 0 Å². The number of hydrogen-bond donors (Lipinski definition) is 0. The van der Waals surface area contributed by atoms with Crippen molar-refractivity contribution in [3.63, 3.8) is 0 Å². The summed E-state index contributed by atoms with van der Waals surface area (Å²) in [5.74, 6) is 3.87. The molecule has 0 saturated carbocycles. The van der Waals surface area contributed by atoms with Gasteiger partial charge in [0.2, 0.25) is 0 Å². The Labute approximate surface area is 91.5 Å². The predicted molar refractivity (Wildman–Crippen MR) is 61.1 cm³/mol. The molecule has 1 nitrogen and oxygen atoms in total. The number of rotatable bonds is 2. The first-order valence-electron chi connectivity index (χ1n) is 6.10. The first-order chi connectivity index (χ1) is 7.34. The average Bonchev–Trinajstić information content (AvgIpc) is 3.07. The van der Waals surface area contributed by atoms with Gasteiger partial charge in [-0.1, -0.05) is 24.3 Å². The van der Waals surface area contributed by atoms with E-state index in [4.69, 9.17) is 4.74 Å².